The van der Waals surface area contributed by atoms with E-state index in [0.29, 0.717) is 5.02 Å². The molecule has 0 N–H and O–H groups in total. The van der Waals surface area contributed by atoms with E-state index in [2.05, 4.69) is 24.8 Å². The highest BCUT2D eigenvalue weighted by Crippen LogP contribution is 2.40. The van der Waals surface area contributed by atoms with Crippen LogP contribution in [-0.4, -0.2) is 24.5 Å². The minimum atomic E-state index is -0.474. The summed E-state index contributed by atoms with van der Waals surface area (Å²) in [6, 6.07) is 10.4. The van der Waals surface area contributed by atoms with Crippen LogP contribution in [0.15, 0.2) is 24.3 Å². The van der Waals surface area contributed by atoms with Crippen LogP contribution in [0.5, 0.6) is 0 Å². The average Bonchev–Trinajstić information content (AvgIpc) is 2.98. The summed E-state index contributed by atoms with van der Waals surface area (Å²) in [6.45, 7) is 7.78. The van der Waals surface area contributed by atoms with Gasteiger partial charge in [0.25, 0.3) is 0 Å². The predicted octanol–water partition coefficient (Wildman–Crippen LogP) is 4.63. The Morgan fingerprint density at radius 2 is 1.95 bits per heavy atom. The molecule has 1 aliphatic heterocycles. The summed E-state index contributed by atoms with van der Waals surface area (Å²) >= 11 is 6.38. The molecule has 1 saturated heterocycles. The van der Waals surface area contributed by atoms with Crippen LogP contribution in [0.25, 0.3) is 0 Å². The van der Waals surface area contributed by atoms with Gasteiger partial charge in [0.1, 0.15) is 0 Å². The predicted molar refractivity (Wildman–Crippen MR) is 88.5 cm³/mol. The molecule has 3 heteroatoms. The molecule has 2 rings (SSSR count). The van der Waals surface area contributed by atoms with Crippen molar-refractivity contribution in [1.82, 2.24) is 4.90 Å². The van der Waals surface area contributed by atoms with Crippen molar-refractivity contribution < 1.29 is 0 Å². The first kappa shape index (κ1) is 16.3. The van der Waals surface area contributed by atoms with Gasteiger partial charge < -0.3 is 4.90 Å². The van der Waals surface area contributed by atoms with E-state index in [1.165, 1.54) is 25.9 Å². The average molecular weight is 305 g/mol. The monoisotopic (exact) mass is 304 g/mol. The van der Waals surface area contributed by atoms with Crippen LogP contribution in [0.1, 0.15) is 45.1 Å². The van der Waals surface area contributed by atoms with E-state index < -0.39 is 5.41 Å². The van der Waals surface area contributed by atoms with Crippen LogP contribution < -0.4 is 0 Å². The molecule has 1 aliphatic rings. The number of halogens is 1. The Morgan fingerprint density at radius 3 is 2.52 bits per heavy atom. The molecule has 0 saturated carbocycles. The molecule has 114 valence electrons. The third-order valence-electron chi connectivity index (χ3n) is 4.78. The number of hydrogen-bond acceptors (Lipinski definition) is 2. The van der Waals surface area contributed by atoms with Crippen molar-refractivity contribution in [3.63, 3.8) is 0 Å². The number of rotatable bonds is 6. The Morgan fingerprint density at radius 1 is 1.29 bits per heavy atom. The number of likely N-dealkylation sites (tertiary alicyclic amines) is 1. The van der Waals surface area contributed by atoms with Gasteiger partial charge in [-0.1, -0.05) is 43.6 Å². The Kier molecular flexibility index (Phi) is 5.67. The van der Waals surface area contributed by atoms with Gasteiger partial charge in [-0.2, -0.15) is 5.26 Å². The molecule has 0 amide bonds. The lowest BCUT2D eigenvalue weighted by Gasteiger charge is -2.32. The number of hydrogen-bond donors (Lipinski definition) is 0. The summed E-state index contributed by atoms with van der Waals surface area (Å²) in [7, 11) is 0. The molecule has 1 aromatic carbocycles. The fraction of sp³-hybridized carbons (Fsp3) is 0.611. The Labute approximate surface area is 133 Å². The van der Waals surface area contributed by atoms with Crippen LogP contribution >= 0.6 is 11.6 Å². The SMILES string of the molecule is CC(C)C(C#N)(CCCN1CCCC1)c1ccccc1Cl. The van der Waals surface area contributed by atoms with E-state index in [4.69, 9.17) is 11.6 Å². The van der Waals surface area contributed by atoms with Crippen LogP contribution in [-0.2, 0) is 5.41 Å². The molecule has 1 fully saturated rings. The molecule has 0 spiro atoms. The van der Waals surface area contributed by atoms with Gasteiger partial charge in [-0.05, 0) is 62.9 Å². The molecule has 1 heterocycles. The van der Waals surface area contributed by atoms with Gasteiger partial charge in [0.15, 0.2) is 0 Å². The molecule has 21 heavy (non-hydrogen) atoms. The zero-order valence-corrected chi connectivity index (χ0v) is 13.9. The van der Waals surface area contributed by atoms with E-state index in [1.54, 1.807) is 0 Å². The second-order valence-electron chi connectivity index (χ2n) is 6.37. The van der Waals surface area contributed by atoms with Gasteiger partial charge in [-0.15, -0.1) is 0 Å². The number of benzene rings is 1. The molecule has 1 unspecified atom stereocenters. The van der Waals surface area contributed by atoms with Gasteiger partial charge in [-0.25, -0.2) is 0 Å². The maximum Gasteiger partial charge on any atom is 0.0859 e. The van der Waals surface area contributed by atoms with Gasteiger partial charge >= 0.3 is 0 Å². The summed E-state index contributed by atoms with van der Waals surface area (Å²) in [5.41, 5.74) is 0.517. The Bertz CT molecular complexity index is 500. The topological polar surface area (TPSA) is 27.0 Å². The summed E-state index contributed by atoms with van der Waals surface area (Å²) in [4.78, 5) is 2.51. The Balaban J connectivity index is 2.13. The highest BCUT2D eigenvalue weighted by molar-refractivity contribution is 6.31. The minimum Gasteiger partial charge on any atom is -0.303 e. The van der Waals surface area contributed by atoms with Gasteiger partial charge in [0, 0.05) is 5.02 Å². The molecular formula is C18H25ClN2. The van der Waals surface area contributed by atoms with E-state index in [9.17, 15) is 5.26 Å². The highest BCUT2D eigenvalue weighted by Gasteiger charge is 2.37. The number of nitriles is 1. The summed E-state index contributed by atoms with van der Waals surface area (Å²) in [5.74, 6) is 0.251. The van der Waals surface area contributed by atoms with Crippen LogP contribution in [0.4, 0.5) is 0 Å². The third-order valence-corrected chi connectivity index (χ3v) is 5.11. The second kappa shape index (κ2) is 7.29. The van der Waals surface area contributed by atoms with Crippen molar-refractivity contribution in [3.05, 3.63) is 34.9 Å². The minimum absolute atomic E-state index is 0.251. The summed E-state index contributed by atoms with van der Waals surface area (Å²) in [5, 5.41) is 10.6. The fourth-order valence-corrected chi connectivity index (χ4v) is 3.69. The normalized spacial score (nSPS) is 18.6. The van der Waals surface area contributed by atoms with Gasteiger partial charge in [-0.3, -0.25) is 0 Å². The smallest absolute Gasteiger partial charge is 0.0859 e. The standard InChI is InChI=1S/C18H25ClN2/c1-15(2)18(14-20,16-8-3-4-9-17(16)19)10-7-13-21-11-5-6-12-21/h3-4,8-9,15H,5-7,10-13H2,1-2H3. The first-order valence-electron chi connectivity index (χ1n) is 7.99. The van der Waals surface area contributed by atoms with Crippen LogP contribution in [0.3, 0.4) is 0 Å². The maximum absolute atomic E-state index is 9.89. The molecule has 0 radical (unpaired) electrons. The van der Waals surface area contributed by atoms with Crippen molar-refractivity contribution >= 4 is 11.6 Å². The van der Waals surface area contributed by atoms with E-state index >= 15 is 0 Å². The van der Waals surface area contributed by atoms with E-state index in [-0.39, 0.29) is 5.92 Å². The van der Waals surface area contributed by atoms with Crippen molar-refractivity contribution in [2.75, 3.05) is 19.6 Å². The molecule has 2 nitrogen and oxygen atoms in total. The first-order valence-corrected chi connectivity index (χ1v) is 8.36. The zero-order valence-electron chi connectivity index (χ0n) is 13.1. The second-order valence-corrected chi connectivity index (χ2v) is 6.78. The zero-order chi connectivity index (χ0) is 15.3. The highest BCUT2D eigenvalue weighted by atomic mass is 35.5. The lowest BCUT2D eigenvalue weighted by molar-refractivity contribution is 0.293. The van der Waals surface area contributed by atoms with Crippen molar-refractivity contribution in [2.24, 2.45) is 5.92 Å². The van der Waals surface area contributed by atoms with Crippen molar-refractivity contribution in [1.29, 1.82) is 5.26 Å². The van der Waals surface area contributed by atoms with Crippen molar-refractivity contribution in [2.45, 2.75) is 44.9 Å². The van der Waals surface area contributed by atoms with Crippen molar-refractivity contribution in [3.8, 4) is 6.07 Å². The van der Waals surface area contributed by atoms with E-state index in [1.807, 2.05) is 24.3 Å². The Hall–Kier alpha value is -1.04. The fourth-order valence-electron chi connectivity index (χ4n) is 3.39. The molecule has 0 aromatic heterocycles. The molecule has 1 aromatic rings. The largest absolute Gasteiger partial charge is 0.303 e. The summed E-state index contributed by atoms with van der Waals surface area (Å²) in [6.07, 6.45) is 4.56. The maximum atomic E-state index is 9.89. The van der Waals surface area contributed by atoms with Gasteiger partial charge in [0.05, 0.1) is 11.5 Å². The van der Waals surface area contributed by atoms with E-state index in [0.717, 1.165) is 24.9 Å². The lowest BCUT2D eigenvalue weighted by atomic mass is 9.70. The summed E-state index contributed by atoms with van der Waals surface area (Å²) < 4.78 is 0. The van der Waals surface area contributed by atoms with Crippen LogP contribution in [0.2, 0.25) is 5.02 Å². The number of nitrogens with zero attached hydrogens (tertiary/aromatic N) is 2. The molecule has 0 aliphatic carbocycles. The van der Waals surface area contributed by atoms with Crippen LogP contribution in [0, 0.1) is 17.2 Å². The quantitative estimate of drug-likeness (QED) is 0.766. The lowest BCUT2D eigenvalue weighted by Crippen LogP contribution is -2.32. The first-order chi connectivity index (χ1) is 10.1. The molecule has 1 atom stereocenters. The van der Waals surface area contributed by atoms with Gasteiger partial charge in [0.2, 0.25) is 0 Å². The molecular weight excluding hydrogens is 280 g/mol. The molecule has 0 bridgehead atoms. The third kappa shape index (κ3) is 3.59.